The number of carbonyl (C=O) groups is 2. The van der Waals surface area contributed by atoms with Crippen molar-refractivity contribution in [3.63, 3.8) is 0 Å². The van der Waals surface area contributed by atoms with E-state index >= 15 is 0 Å². The minimum atomic E-state index is -0.0741. The van der Waals surface area contributed by atoms with Crippen molar-refractivity contribution in [1.29, 1.82) is 0 Å². The number of anilines is 2. The number of rotatable bonds is 10. The summed E-state index contributed by atoms with van der Waals surface area (Å²) in [5, 5.41) is 2.97. The van der Waals surface area contributed by atoms with E-state index in [4.69, 9.17) is 0 Å². The molecule has 0 atom stereocenters. The van der Waals surface area contributed by atoms with E-state index in [1.165, 1.54) is 0 Å². The maximum absolute atomic E-state index is 13.0. The minimum absolute atomic E-state index is 0.00271. The lowest BCUT2D eigenvalue weighted by molar-refractivity contribution is -0.136. The van der Waals surface area contributed by atoms with Gasteiger partial charge >= 0.3 is 0 Å². The fraction of sp³-hybridized carbons (Fsp3) is 0.636. The Bertz CT molecular complexity index is 622. The zero-order chi connectivity index (χ0) is 20.6. The van der Waals surface area contributed by atoms with Gasteiger partial charge in [-0.15, -0.1) is 0 Å². The Balaban J connectivity index is 3.17. The van der Waals surface area contributed by atoms with Crippen LogP contribution in [0.15, 0.2) is 18.2 Å². The Kier molecular flexibility index (Phi) is 9.33. The van der Waals surface area contributed by atoms with Crippen LogP contribution in [-0.2, 0) is 16.1 Å². The summed E-state index contributed by atoms with van der Waals surface area (Å²) in [5.74, 6) is 0.221. The van der Waals surface area contributed by atoms with Gasteiger partial charge in [0.25, 0.3) is 0 Å². The predicted octanol–water partition coefficient (Wildman–Crippen LogP) is 4.52. The number of nitrogens with one attached hydrogen (secondary N) is 1. The van der Waals surface area contributed by atoms with Gasteiger partial charge in [-0.25, -0.2) is 0 Å². The summed E-state index contributed by atoms with van der Waals surface area (Å²) in [6.07, 6.45) is 2.65. The van der Waals surface area contributed by atoms with Crippen LogP contribution in [-0.4, -0.2) is 37.4 Å². The number of benzene rings is 1. The maximum Gasteiger partial charge on any atom is 0.226 e. The van der Waals surface area contributed by atoms with E-state index in [0.717, 1.165) is 42.7 Å². The zero-order valence-corrected chi connectivity index (χ0v) is 18.1. The second kappa shape index (κ2) is 11.0. The van der Waals surface area contributed by atoms with E-state index in [2.05, 4.69) is 31.0 Å². The monoisotopic (exact) mass is 375 g/mol. The number of nitrogens with zero attached hydrogens (tertiary/aromatic N) is 2. The molecule has 0 spiro atoms. The van der Waals surface area contributed by atoms with Crippen LogP contribution in [0.25, 0.3) is 0 Å². The Labute approximate surface area is 165 Å². The van der Waals surface area contributed by atoms with Crippen molar-refractivity contribution in [2.45, 2.75) is 60.4 Å². The van der Waals surface area contributed by atoms with Gasteiger partial charge in [0.05, 0.1) is 0 Å². The molecule has 0 radical (unpaired) electrons. The van der Waals surface area contributed by atoms with Crippen LogP contribution in [0, 0.1) is 11.8 Å². The third-order valence-corrected chi connectivity index (χ3v) is 4.85. The summed E-state index contributed by atoms with van der Waals surface area (Å²) >= 11 is 0. The molecule has 0 aliphatic heterocycles. The number of hydrogen-bond donors (Lipinski definition) is 1. The van der Waals surface area contributed by atoms with Gasteiger partial charge in [0.2, 0.25) is 11.8 Å². The van der Waals surface area contributed by atoms with Gasteiger partial charge in [0, 0.05) is 50.4 Å². The number of amides is 2. The standard InChI is InChI=1S/C22H37N3O2/c1-8-13-25(22(27)17(9-2)10-3)15-18-14-19(23-21(26)16(4)5)11-12-20(18)24(6)7/h11-12,14,16-17H,8-10,13,15H2,1-7H3,(H,23,26). The lowest BCUT2D eigenvalue weighted by Gasteiger charge is -2.28. The fourth-order valence-corrected chi connectivity index (χ4v) is 3.15. The van der Waals surface area contributed by atoms with Crippen molar-refractivity contribution in [2.75, 3.05) is 30.9 Å². The average Bonchev–Trinajstić information content (AvgIpc) is 2.62. The lowest BCUT2D eigenvalue weighted by atomic mass is 10.0. The van der Waals surface area contributed by atoms with Crippen molar-refractivity contribution in [2.24, 2.45) is 11.8 Å². The van der Waals surface area contributed by atoms with E-state index in [1.54, 1.807) is 0 Å². The van der Waals surface area contributed by atoms with Crippen LogP contribution in [0.1, 0.15) is 59.4 Å². The molecule has 1 N–H and O–H groups in total. The Morgan fingerprint density at radius 2 is 1.70 bits per heavy atom. The molecule has 0 fully saturated rings. The summed E-state index contributed by atoms with van der Waals surface area (Å²) in [6.45, 7) is 11.3. The van der Waals surface area contributed by atoms with E-state index in [-0.39, 0.29) is 23.7 Å². The van der Waals surface area contributed by atoms with Crippen LogP contribution in [0.2, 0.25) is 0 Å². The van der Waals surface area contributed by atoms with Gasteiger partial charge in [-0.3, -0.25) is 9.59 Å². The first-order valence-electron chi connectivity index (χ1n) is 10.1. The van der Waals surface area contributed by atoms with Crippen molar-refractivity contribution in [3.05, 3.63) is 23.8 Å². The van der Waals surface area contributed by atoms with Gasteiger partial charge < -0.3 is 15.1 Å². The molecule has 0 saturated heterocycles. The molecular weight excluding hydrogens is 338 g/mol. The van der Waals surface area contributed by atoms with E-state index < -0.39 is 0 Å². The summed E-state index contributed by atoms with van der Waals surface area (Å²) < 4.78 is 0. The molecule has 0 unspecified atom stereocenters. The molecule has 2 amide bonds. The highest BCUT2D eigenvalue weighted by molar-refractivity contribution is 5.92. The van der Waals surface area contributed by atoms with Crippen molar-refractivity contribution >= 4 is 23.2 Å². The lowest BCUT2D eigenvalue weighted by Crippen LogP contribution is -2.36. The molecule has 1 rings (SSSR count). The predicted molar refractivity (Wildman–Crippen MR) is 114 cm³/mol. The van der Waals surface area contributed by atoms with E-state index in [0.29, 0.717) is 6.54 Å². The van der Waals surface area contributed by atoms with Crippen LogP contribution in [0.4, 0.5) is 11.4 Å². The smallest absolute Gasteiger partial charge is 0.226 e. The molecule has 5 heteroatoms. The summed E-state index contributed by atoms with van der Waals surface area (Å²) in [7, 11) is 4.00. The normalized spacial score (nSPS) is 11.0. The van der Waals surface area contributed by atoms with E-state index in [1.807, 2.05) is 51.0 Å². The Morgan fingerprint density at radius 1 is 1.07 bits per heavy atom. The quantitative estimate of drug-likeness (QED) is 0.654. The molecule has 0 saturated carbocycles. The molecule has 0 aliphatic rings. The zero-order valence-electron chi connectivity index (χ0n) is 18.1. The third kappa shape index (κ3) is 6.56. The topological polar surface area (TPSA) is 52.7 Å². The summed E-state index contributed by atoms with van der Waals surface area (Å²) in [5.41, 5.74) is 2.89. The van der Waals surface area contributed by atoms with Crippen LogP contribution < -0.4 is 10.2 Å². The first kappa shape index (κ1) is 23.0. The molecule has 0 bridgehead atoms. The molecule has 0 aromatic heterocycles. The SMILES string of the molecule is CCCN(Cc1cc(NC(=O)C(C)C)ccc1N(C)C)C(=O)C(CC)CC. The molecule has 1 aromatic carbocycles. The van der Waals surface area contributed by atoms with Gasteiger partial charge in [0.1, 0.15) is 0 Å². The highest BCUT2D eigenvalue weighted by atomic mass is 16.2. The van der Waals surface area contributed by atoms with Crippen LogP contribution in [0.5, 0.6) is 0 Å². The molecule has 0 heterocycles. The molecule has 1 aromatic rings. The molecule has 0 aliphatic carbocycles. The molecule has 152 valence electrons. The van der Waals surface area contributed by atoms with Crippen molar-refractivity contribution in [3.8, 4) is 0 Å². The van der Waals surface area contributed by atoms with E-state index in [9.17, 15) is 9.59 Å². The van der Waals surface area contributed by atoms with Gasteiger partial charge in [-0.2, -0.15) is 0 Å². The molecule has 27 heavy (non-hydrogen) atoms. The first-order valence-corrected chi connectivity index (χ1v) is 10.1. The summed E-state index contributed by atoms with van der Waals surface area (Å²) in [6, 6.07) is 5.93. The Morgan fingerprint density at radius 3 is 2.19 bits per heavy atom. The highest BCUT2D eigenvalue weighted by Crippen LogP contribution is 2.26. The highest BCUT2D eigenvalue weighted by Gasteiger charge is 2.22. The fourth-order valence-electron chi connectivity index (χ4n) is 3.15. The second-order valence-electron chi connectivity index (χ2n) is 7.66. The maximum atomic E-state index is 13.0. The van der Waals surface area contributed by atoms with Crippen molar-refractivity contribution in [1.82, 2.24) is 4.90 Å². The number of hydrogen-bond acceptors (Lipinski definition) is 3. The van der Waals surface area contributed by atoms with Gasteiger partial charge in [0.15, 0.2) is 0 Å². The van der Waals surface area contributed by atoms with Crippen LogP contribution >= 0.6 is 0 Å². The molecular formula is C22H37N3O2. The Hall–Kier alpha value is -2.04. The largest absolute Gasteiger partial charge is 0.377 e. The number of carbonyl (C=O) groups excluding carboxylic acids is 2. The molecule has 5 nitrogen and oxygen atoms in total. The van der Waals surface area contributed by atoms with Gasteiger partial charge in [-0.1, -0.05) is 34.6 Å². The third-order valence-electron chi connectivity index (χ3n) is 4.85. The van der Waals surface area contributed by atoms with Crippen molar-refractivity contribution < 1.29 is 9.59 Å². The second-order valence-corrected chi connectivity index (χ2v) is 7.66. The average molecular weight is 376 g/mol. The van der Waals surface area contributed by atoms with Crippen LogP contribution in [0.3, 0.4) is 0 Å². The summed E-state index contributed by atoms with van der Waals surface area (Å²) in [4.78, 5) is 29.0. The minimum Gasteiger partial charge on any atom is -0.377 e. The first-order chi connectivity index (χ1) is 12.7. The van der Waals surface area contributed by atoms with Gasteiger partial charge in [-0.05, 0) is 43.0 Å².